The van der Waals surface area contributed by atoms with E-state index in [4.69, 9.17) is 5.73 Å². The van der Waals surface area contributed by atoms with Crippen LogP contribution < -0.4 is 11.1 Å². The largest absolute Gasteiger partial charge is 0.349 e. The lowest BCUT2D eigenvalue weighted by molar-refractivity contribution is -0.125. The molecule has 1 amide bonds. The molecule has 0 heterocycles. The topological polar surface area (TPSA) is 55.1 Å². The van der Waals surface area contributed by atoms with Crippen LogP contribution in [-0.4, -0.2) is 11.9 Å². The van der Waals surface area contributed by atoms with Gasteiger partial charge in [0, 0.05) is 12.0 Å². The molecule has 2 unspecified atom stereocenters. The minimum absolute atomic E-state index is 0.00748. The van der Waals surface area contributed by atoms with Crippen molar-refractivity contribution in [2.45, 2.75) is 39.8 Å². The maximum Gasteiger partial charge on any atom is 0.224 e. The minimum atomic E-state index is -0.164. The van der Waals surface area contributed by atoms with Crippen LogP contribution in [0, 0.1) is 12.8 Å². The van der Waals surface area contributed by atoms with Crippen molar-refractivity contribution < 1.29 is 4.79 Å². The van der Waals surface area contributed by atoms with Crippen LogP contribution in [0.15, 0.2) is 24.3 Å². The first-order valence-electron chi connectivity index (χ1n) is 6.04. The summed E-state index contributed by atoms with van der Waals surface area (Å²) in [6.07, 6.45) is 0. The molecule has 0 aliphatic rings. The quantitative estimate of drug-likeness (QED) is 0.838. The Morgan fingerprint density at radius 2 is 1.71 bits per heavy atom. The number of hydrogen-bond acceptors (Lipinski definition) is 2. The lowest BCUT2D eigenvalue weighted by atomic mass is 10.0. The Bertz CT molecular complexity index is 370. The fraction of sp³-hybridized carbons (Fsp3) is 0.500. The average Bonchev–Trinajstić information content (AvgIpc) is 2.28. The molecule has 0 radical (unpaired) electrons. The third-order valence-corrected chi connectivity index (χ3v) is 3.14. The summed E-state index contributed by atoms with van der Waals surface area (Å²) in [5.41, 5.74) is 8.04. The van der Waals surface area contributed by atoms with E-state index >= 15 is 0 Å². The molecule has 1 rings (SSSR count). The van der Waals surface area contributed by atoms with Crippen molar-refractivity contribution in [1.82, 2.24) is 5.32 Å². The Kier molecular flexibility index (Phi) is 4.70. The standard InChI is InChI=1S/C14H22N2O/c1-9-5-7-13(8-6-9)12(4)16-14(17)10(2)11(3)15/h5-8,10-12H,15H2,1-4H3,(H,16,17)/t10?,11?,12-/m1/s1. The second-order valence-corrected chi connectivity index (χ2v) is 4.79. The molecule has 0 fully saturated rings. The van der Waals surface area contributed by atoms with Crippen LogP contribution in [-0.2, 0) is 4.79 Å². The molecule has 3 N–H and O–H groups in total. The van der Waals surface area contributed by atoms with Crippen LogP contribution in [0.2, 0.25) is 0 Å². The highest BCUT2D eigenvalue weighted by molar-refractivity contribution is 5.79. The summed E-state index contributed by atoms with van der Waals surface area (Å²) >= 11 is 0. The lowest BCUT2D eigenvalue weighted by Crippen LogP contribution is -2.39. The monoisotopic (exact) mass is 234 g/mol. The summed E-state index contributed by atoms with van der Waals surface area (Å²) in [4.78, 5) is 11.8. The van der Waals surface area contributed by atoms with Crippen LogP contribution >= 0.6 is 0 Å². The van der Waals surface area contributed by atoms with E-state index in [1.165, 1.54) is 5.56 Å². The third-order valence-electron chi connectivity index (χ3n) is 3.14. The lowest BCUT2D eigenvalue weighted by Gasteiger charge is -2.20. The summed E-state index contributed by atoms with van der Waals surface area (Å²) in [6, 6.07) is 8.07. The van der Waals surface area contributed by atoms with Crippen LogP contribution in [0.5, 0.6) is 0 Å². The van der Waals surface area contributed by atoms with Gasteiger partial charge in [0.05, 0.1) is 6.04 Å². The molecule has 0 saturated carbocycles. The van der Waals surface area contributed by atoms with Gasteiger partial charge in [0.25, 0.3) is 0 Å². The molecule has 0 aliphatic heterocycles. The number of carbonyl (C=O) groups excluding carboxylic acids is 1. The highest BCUT2D eigenvalue weighted by atomic mass is 16.1. The van der Waals surface area contributed by atoms with Crippen LogP contribution in [0.25, 0.3) is 0 Å². The van der Waals surface area contributed by atoms with Crippen molar-refractivity contribution in [3.05, 3.63) is 35.4 Å². The summed E-state index contributed by atoms with van der Waals surface area (Å²) < 4.78 is 0. The van der Waals surface area contributed by atoms with E-state index in [1.54, 1.807) is 0 Å². The van der Waals surface area contributed by atoms with Gasteiger partial charge in [-0.2, -0.15) is 0 Å². The Morgan fingerprint density at radius 1 is 1.18 bits per heavy atom. The maximum absolute atomic E-state index is 11.8. The van der Waals surface area contributed by atoms with Crippen molar-refractivity contribution in [3.8, 4) is 0 Å². The number of benzene rings is 1. The van der Waals surface area contributed by atoms with E-state index in [2.05, 4.69) is 5.32 Å². The molecule has 1 aromatic carbocycles. The van der Waals surface area contributed by atoms with Crippen molar-refractivity contribution in [2.24, 2.45) is 11.7 Å². The summed E-state index contributed by atoms with van der Waals surface area (Å²) in [5.74, 6) is -0.157. The Labute approximate surface area is 103 Å². The number of hydrogen-bond donors (Lipinski definition) is 2. The number of aryl methyl sites for hydroxylation is 1. The van der Waals surface area contributed by atoms with Gasteiger partial charge in [-0.1, -0.05) is 36.8 Å². The van der Waals surface area contributed by atoms with Gasteiger partial charge in [0.1, 0.15) is 0 Å². The zero-order valence-electron chi connectivity index (χ0n) is 11.0. The fourth-order valence-electron chi connectivity index (χ4n) is 1.52. The number of nitrogens with two attached hydrogens (primary N) is 1. The molecule has 0 bridgehead atoms. The number of carbonyl (C=O) groups is 1. The SMILES string of the molecule is Cc1ccc([C@@H](C)NC(=O)C(C)C(C)N)cc1. The number of amides is 1. The normalized spacial score (nSPS) is 16.1. The highest BCUT2D eigenvalue weighted by Gasteiger charge is 2.19. The van der Waals surface area contributed by atoms with Crippen molar-refractivity contribution in [1.29, 1.82) is 0 Å². The Balaban J connectivity index is 2.63. The second kappa shape index (κ2) is 5.82. The van der Waals surface area contributed by atoms with E-state index in [1.807, 2.05) is 52.0 Å². The third kappa shape index (κ3) is 3.86. The summed E-state index contributed by atoms with van der Waals surface area (Å²) in [7, 11) is 0. The number of rotatable bonds is 4. The van der Waals surface area contributed by atoms with Gasteiger partial charge in [-0.3, -0.25) is 4.79 Å². The molecule has 3 atom stereocenters. The van der Waals surface area contributed by atoms with E-state index in [0.717, 1.165) is 5.56 Å². The van der Waals surface area contributed by atoms with Crippen molar-refractivity contribution in [3.63, 3.8) is 0 Å². The zero-order valence-corrected chi connectivity index (χ0v) is 11.0. The van der Waals surface area contributed by atoms with E-state index in [-0.39, 0.29) is 23.9 Å². The van der Waals surface area contributed by atoms with Gasteiger partial charge < -0.3 is 11.1 Å². The van der Waals surface area contributed by atoms with Gasteiger partial charge >= 0.3 is 0 Å². The Morgan fingerprint density at radius 3 is 2.18 bits per heavy atom. The minimum Gasteiger partial charge on any atom is -0.349 e. The van der Waals surface area contributed by atoms with Gasteiger partial charge in [0.2, 0.25) is 5.91 Å². The highest BCUT2D eigenvalue weighted by Crippen LogP contribution is 2.14. The fourth-order valence-corrected chi connectivity index (χ4v) is 1.52. The molecule has 0 aromatic heterocycles. The van der Waals surface area contributed by atoms with Gasteiger partial charge in [0.15, 0.2) is 0 Å². The molecule has 3 heteroatoms. The average molecular weight is 234 g/mol. The first-order valence-corrected chi connectivity index (χ1v) is 6.04. The first-order chi connectivity index (χ1) is 7.91. The molecule has 1 aromatic rings. The smallest absolute Gasteiger partial charge is 0.224 e. The predicted molar refractivity (Wildman–Crippen MR) is 70.6 cm³/mol. The van der Waals surface area contributed by atoms with E-state index in [9.17, 15) is 4.79 Å². The molecule has 0 aliphatic carbocycles. The molecule has 0 saturated heterocycles. The molecule has 17 heavy (non-hydrogen) atoms. The van der Waals surface area contributed by atoms with E-state index in [0.29, 0.717) is 0 Å². The number of nitrogens with one attached hydrogen (secondary N) is 1. The molecule has 0 spiro atoms. The molecule has 3 nitrogen and oxygen atoms in total. The first kappa shape index (κ1) is 13.7. The van der Waals surface area contributed by atoms with Crippen LogP contribution in [0.3, 0.4) is 0 Å². The van der Waals surface area contributed by atoms with Crippen molar-refractivity contribution in [2.75, 3.05) is 0 Å². The zero-order chi connectivity index (χ0) is 13.0. The van der Waals surface area contributed by atoms with Crippen LogP contribution in [0.4, 0.5) is 0 Å². The van der Waals surface area contributed by atoms with Gasteiger partial charge in [-0.15, -0.1) is 0 Å². The predicted octanol–water partition coefficient (Wildman–Crippen LogP) is 2.16. The van der Waals surface area contributed by atoms with Crippen LogP contribution in [0.1, 0.15) is 37.9 Å². The molecular formula is C14H22N2O. The summed E-state index contributed by atoms with van der Waals surface area (Å²) in [5, 5.41) is 2.98. The molecular weight excluding hydrogens is 212 g/mol. The second-order valence-electron chi connectivity index (χ2n) is 4.79. The van der Waals surface area contributed by atoms with Gasteiger partial charge in [-0.05, 0) is 26.3 Å². The maximum atomic E-state index is 11.8. The molecule has 94 valence electrons. The Hall–Kier alpha value is -1.35. The summed E-state index contributed by atoms with van der Waals surface area (Å²) in [6.45, 7) is 7.73. The van der Waals surface area contributed by atoms with E-state index < -0.39 is 0 Å². The van der Waals surface area contributed by atoms with Crippen molar-refractivity contribution >= 4 is 5.91 Å². The van der Waals surface area contributed by atoms with Gasteiger partial charge in [-0.25, -0.2) is 0 Å².